The third-order valence-electron chi connectivity index (χ3n) is 4.47. The molecule has 2 atom stereocenters. The second kappa shape index (κ2) is 7.37. The molecule has 0 bridgehead atoms. The predicted octanol–water partition coefficient (Wildman–Crippen LogP) is 6.02. The molecule has 0 fully saturated rings. The van der Waals surface area contributed by atoms with Crippen LogP contribution in [0.15, 0.2) is 65.1 Å². The first-order valence-electron chi connectivity index (χ1n) is 8.17. The molecule has 0 saturated heterocycles. The fraction of sp³-hybridized carbons (Fsp3) is 0.238. The molecule has 2 nitrogen and oxygen atoms in total. The van der Waals surface area contributed by atoms with Gasteiger partial charge in [-0.15, -0.1) is 0 Å². The Morgan fingerprint density at radius 3 is 2.42 bits per heavy atom. The highest BCUT2D eigenvalue weighted by atomic mass is 79.9. The highest BCUT2D eigenvalue weighted by molar-refractivity contribution is 9.10. The molecule has 0 aliphatic rings. The van der Waals surface area contributed by atoms with Crippen LogP contribution in [0.4, 0.5) is 0 Å². The Kier molecular flexibility index (Phi) is 5.22. The predicted molar refractivity (Wildman–Crippen MR) is 105 cm³/mol. The second-order valence-corrected chi connectivity index (χ2v) is 6.93. The lowest BCUT2D eigenvalue weighted by Crippen LogP contribution is -2.22. The minimum atomic E-state index is 0.237. The van der Waals surface area contributed by atoms with Crippen LogP contribution in [-0.2, 0) is 0 Å². The minimum absolute atomic E-state index is 0.237. The van der Waals surface area contributed by atoms with Gasteiger partial charge in [-0.2, -0.15) is 0 Å². The van der Waals surface area contributed by atoms with Gasteiger partial charge in [0, 0.05) is 12.1 Å². The molecule has 0 aliphatic heterocycles. The summed E-state index contributed by atoms with van der Waals surface area (Å²) in [5, 5.41) is 6.30. The third kappa shape index (κ3) is 3.47. The summed E-state index contributed by atoms with van der Waals surface area (Å²) in [6.07, 6.45) is 0. The van der Waals surface area contributed by atoms with E-state index in [1.165, 1.54) is 21.9 Å². The SMILES string of the molecule is COc1ccc([C@@H](C)N[C@H](C)c2cccc3ccccc23)cc1Br. The Hall–Kier alpha value is -1.84. The van der Waals surface area contributed by atoms with Gasteiger partial charge >= 0.3 is 0 Å². The molecule has 0 aliphatic carbocycles. The number of halogens is 1. The number of nitrogens with one attached hydrogen (secondary N) is 1. The zero-order valence-electron chi connectivity index (χ0n) is 14.2. The van der Waals surface area contributed by atoms with Gasteiger partial charge in [-0.3, -0.25) is 0 Å². The molecule has 0 aromatic heterocycles. The van der Waals surface area contributed by atoms with E-state index in [1.807, 2.05) is 6.07 Å². The van der Waals surface area contributed by atoms with E-state index in [2.05, 4.69) is 89.7 Å². The van der Waals surface area contributed by atoms with E-state index in [1.54, 1.807) is 7.11 Å². The number of ether oxygens (including phenoxy) is 1. The van der Waals surface area contributed by atoms with Crippen molar-refractivity contribution in [2.75, 3.05) is 7.11 Å². The van der Waals surface area contributed by atoms with Crippen LogP contribution in [0.3, 0.4) is 0 Å². The lowest BCUT2D eigenvalue weighted by Gasteiger charge is -2.22. The summed E-state index contributed by atoms with van der Waals surface area (Å²) in [5.41, 5.74) is 2.56. The van der Waals surface area contributed by atoms with Gasteiger partial charge in [0.2, 0.25) is 0 Å². The summed E-state index contributed by atoms with van der Waals surface area (Å²) in [7, 11) is 1.68. The van der Waals surface area contributed by atoms with E-state index >= 15 is 0 Å². The second-order valence-electron chi connectivity index (χ2n) is 6.07. The van der Waals surface area contributed by atoms with Crippen molar-refractivity contribution >= 4 is 26.7 Å². The number of hydrogen-bond acceptors (Lipinski definition) is 2. The van der Waals surface area contributed by atoms with Gasteiger partial charge in [0.05, 0.1) is 11.6 Å². The quantitative estimate of drug-likeness (QED) is 0.581. The van der Waals surface area contributed by atoms with Crippen molar-refractivity contribution in [3.63, 3.8) is 0 Å². The lowest BCUT2D eigenvalue weighted by atomic mass is 9.98. The van der Waals surface area contributed by atoms with E-state index in [0.29, 0.717) is 0 Å². The van der Waals surface area contributed by atoms with E-state index in [0.717, 1.165) is 10.2 Å². The number of rotatable bonds is 5. The van der Waals surface area contributed by atoms with Crippen molar-refractivity contribution in [3.8, 4) is 5.75 Å². The van der Waals surface area contributed by atoms with E-state index in [-0.39, 0.29) is 12.1 Å². The van der Waals surface area contributed by atoms with Crippen LogP contribution < -0.4 is 10.1 Å². The van der Waals surface area contributed by atoms with Crippen LogP contribution in [-0.4, -0.2) is 7.11 Å². The standard InChI is InChI=1S/C21H22BrNO/c1-14(17-11-12-21(24-3)20(22)13-17)23-15(2)18-10-6-8-16-7-4-5-9-19(16)18/h4-15,23H,1-3H3/t14-,15-/m1/s1. The van der Waals surface area contributed by atoms with Crippen LogP contribution in [0.1, 0.15) is 37.1 Å². The average molecular weight is 384 g/mol. The first-order chi connectivity index (χ1) is 11.6. The first-order valence-corrected chi connectivity index (χ1v) is 8.96. The average Bonchev–Trinajstić information content (AvgIpc) is 2.61. The number of fused-ring (bicyclic) bond motifs is 1. The maximum Gasteiger partial charge on any atom is 0.133 e. The van der Waals surface area contributed by atoms with Crippen LogP contribution in [0.2, 0.25) is 0 Å². The highest BCUT2D eigenvalue weighted by Crippen LogP contribution is 2.30. The van der Waals surface area contributed by atoms with Gasteiger partial charge in [-0.05, 0) is 63.8 Å². The summed E-state index contributed by atoms with van der Waals surface area (Å²) in [4.78, 5) is 0. The van der Waals surface area contributed by atoms with Gasteiger partial charge in [-0.25, -0.2) is 0 Å². The monoisotopic (exact) mass is 383 g/mol. The van der Waals surface area contributed by atoms with Crippen LogP contribution in [0.25, 0.3) is 10.8 Å². The Bertz CT molecular complexity index is 841. The Morgan fingerprint density at radius 1 is 0.917 bits per heavy atom. The lowest BCUT2D eigenvalue weighted by molar-refractivity contribution is 0.411. The Morgan fingerprint density at radius 2 is 1.67 bits per heavy atom. The van der Waals surface area contributed by atoms with Crippen LogP contribution in [0.5, 0.6) is 5.75 Å². The fourth-order valence-electron chi connectivity index (χ4n) is 3.14. The van der Waals surface area contributed by atoms with Crippen molar-refractivity contribution in [2.45, 2.75) is 25.9 Å². The molecule has 124 valence electrons. The summed E-state index contributed by atoms with van der Waals surface area (Å²) in [5.74, 6) is 0.855. The largest absolute Gasteiger partial charge is 0.496 e. The number of hydrogen-bond donors (Lipinski definition) is 1. The molecule has 3 rings (SSSR count). The molecule has 0 unspecified atom stereocenters. The van der Waals surface area contributed by atoms with Crippen molar-refractivity contribution < 1.29 is 4.74 Å². The molecule has 0 saturated carbocycles. The third-order valence-corrected chi connectivity index (χ3v) is 5.09. The van der Waals surface area contributed by atoms with Crippen molar-refractivity contribution in [1.29, 1.82) is 0 Å². The van der Waals surface area contributed by atoms with Crippen molar-refractivity contribution in [3.05, 3.63) is 76.3 Å². The molecule has 3 heteroatoms. The molecule has 1 N–H and O–H groups in total. The smallest absolute Gasteiger partial charge is 0.133 e. The number of benzene rings is 3. The van der Waals surface area contributed by atoms with Crippen LogP contribution in [0, 0.1) is 0 Å². The van der Waals surface area contributed by atoms with Crippen molar-refractivity contribution in [2.24, 2.45) is 0 Å². The van der Waals surface area contributed by atoms with Crippen LogP contribution >= 0.6 is 15.9 Å². The molecule has 0 spiro atoms. The summed E-state index contributed by atoms with van der Waals surface area (Å²) in [6.45, 7) is 4.41. The summed E-state index contributed by atoms with van der Waals surface area (Å²) < 4.78 is 6.29. The maximum absolute atomic E-state index is 5.31. The van der Waals surface area contributed by atoms with E-state index in [9.17, 15) is 0 Å². The normalized spacial score (nSPS) is 13.7. The zero-order valence-corrected chi connectivity index (χ0v) is 15.8. The Labute approximate surface area is 152 Å². The van der Waals surface area contributed by atoms with Gasteiger partial charge in [0.25, 0.3) is 0 Å². The molecular formula is C21H22BrNO. The molecule has 0 heterocycles. The topological polar surface area (TPSA) is 21.3 Å². The molecule has 0 radical (unpaired) electrons. The molecule has 3 aromatic carbocycles. The molecule has 3 aromatic rings. The van der Waals surface area contributed by atoms with Gasteiger partial charge < -0.3 is 10.1 Å². The molecule has 0 amide bonds. The number of methoxy groups -OCH3 is 1. The summed E-state index contributed by atoms with van der Waals surface area (Å²) in [6, 6.07) is 21.8. The van der Waals surface area contributed by atoms with Gasteiger partial charge in [-0.1, -0.05) is 48.5 Å². The highest BCUT2D eigenvalue weighted by Gasteiger charge is 2.14. The van der Waals surface area contributed by atoms with E-state index < -0.39 is 0 Å². The minimum Gasteiger partial charge on any atom is -0.496 e. The zero-order chi connectivity index (χ0) is 17.1. The fourth-order valence-corrected chi connectivity index (χ4v) is 3.70. The maximum atomic E-state index is 5.31. The first kappa shape index (κ1) is 17.0. The van der Waals surface area contributed by atoms with Crippen molar-refractivity contribution in [1.82, 2.24) is 5.32 Å². The molecule has 24 heavy (non-hydrogen) atoms. The van der Waals surface area contributed by atoms with Gasteiger partial charge in [0.15, 0.2) is 0 Å². The van der Waals surface area contributed by atoms with Gasteiger partial charge in [0.1, 0.15) is 5.75 Å². The Balaban J connectivity index is 1.83. The molecular weight excluding hydrogens is 362 g/mol. The van der Waals surface area contributed by atoms with E-state index in [4.69, 9.17) is 4.74 Å². The summed E-state index contributed by atoms with van der Waals surface area (Å²) >= 11 is 3.57.